The van der Waals surface area contributed by atoms with Crippen molar-refractivity contribution in [1.82, 2.24) is 9.88 Å². The van der Waals surface area contributed by atoms with Gasteiger partial charge in [0.05, 0.1) is 0 Å². The van der Waals surface area contributed by atoms with Crippen LogP contribution in [0.15, 0.2) is 18.5 Å². The number of pyridine rings is 1. The van der Waals surface area contributed by atoms with Gasteiger partial charge in [-0.1, -0.05) is 12.5 Å². The number of hydrogen-bond donors (Lipinski definition) is 1. The predicted molar refractivity (Wildman–Crippen MR) is 65.9 cm³/mol. The number of hydrogen-bond acceptors (Lipinski definition) is 3. The third-order valence-electron chi connectivity index (χ3n) is 3.41. The Morgan fingerprint density at radius 2 is 2.19 bits per heavy atom. The van der Waals surface area contributed by atoms with Crippen molar-refractivity contribution in [2.24, 2.45) is 5.73 Å². The van der Waals surface area contributed by atoms with Crippen molar-refractivity contribution < 1.29 is 0 Å². The van der Waals surface area contributed by atoms with Gasteiger partial charge in [0.1, 0.15) is 0 Å². The Hall–Kier alpha value is -0.930. The Morgan fingerprint density at radius 1 is 1.38 bits per heavy atom. The van der Waals surface area contributed by atoms with Crippen LogP contribution in [0.3, 0.4) is 0 Å². The molecule has 0 spiro atoms. The van der Waals surface area contributed by atoms with Gasteiger partial charge in [-0.05, 0) is 37.4 Å². The van der Waals surface area contributed by atoms with E-state index in [4.69, 9.17) is 5.73 Å². The van der Waals surface area contributed by atoms with E-state index >= 15 is 0 Å². The summed E-state index contributed by atoms with van der Waals surface area (Å²) in [5.41, 5.74) is 8.04. The first-order valence-electron chi connectivity index (χ1n) is 6.16. The summed E-state index contributed by atoms with van der Waals surface area (Å²) in [7, 11) is 0. The Kier molecular flexibility index (Phi) is 3.91. The van der Waals surface area contributed by atoms with Crippen molar-refractivity contribution in [2.75, 3.05) is 6.54 Å². The molecule has 3 heteroatoms. The van der Waals surface area contributed by atoms with Crippen molar-refractivity contribution in [1.29, 1.82) is 0 Å². The van der Waals surface area contributed by atoms with Gasteiger partial charge in [-0.3, -0.25) is 9.88 Å². The molecular weight excluding hydrogens is 198 g/mol. The molecule has 0 aromatic carbocycles. The van der Waals surface area contributed by atoms with Gasteiger partial charge in [0.15, 0.2) is 0 Å². The Morgan fingerprint density at radius 3 is 2.94 bits per heavy atom. The summed E-state index contributed by atoms with van der Waals surface area (Å²) in [5, 5.41) is 0. The quantitative estimate of drug-likeness (QED) is 0.844. The van der Waals surface area contributed by atoms with E-state index in [-0.39, 0.29) is 0 Å². The molecule has 1 atom stereocenters. The van der Waals surface area contributed by atoms with Gasteiger partial charge in [-0.2, -0.15) is 0 Å². The van der Waals surface area contributed by atoms with Crippen molar-refractivity contribution in [3.05, 3.63) is 29.6 Å². The van der Waals surface area contributed by atoms with Gasteiger partial charge in [0, 0.05) is 31.5 Å². The van der Waals surface area contributed by atoms with Crippen molar-refractivity contribution in [3.63, 3.8) is 0 Å². The molecule has 1 aliphatic rings. The highest BCUT2D eigenvalue weighted by Crippen LogP contribution is 2.19. The van der Waals surface area contributed by atoms with Crippen LogP contribution in [0.5, 0.6) is 0 Å². The number of nitrogens with two attached hydrogens (primary N) is 1. The smallest absolute Gasteiger partial charge is 0.0313 e. The second-order valence-corrected chi connectivity index (χ2v) is 4.72. The lowest BCUT2D eigenvalue weighted by Gasteiger charge is -2.33. The van der Waals surface area contributed by atoms with Crippen LogP contribution in [0.25, 0.3) is 0 Å². The highest BCUT2D eigenvalue weighted by Gasteiger charge is 2.18. The van der Waals surface area contributed by atoms with Gasteiger partial charge in [0.2, 0.25) is 0 Å². The van der Waals surface area contributed by atoms with E-state index in [0.29, 0.717) is 12.6 Å². The maximum atomic E-state index is 5.63. The molecule has 1 aliphatic heterocycles. The normalized spacial score (nSPS) is 22.2. The summed E-state index contributed by atoms with van der Waals surface area (Å²) >= 11 is 0. The van der Waals surface area contributed by atoms with Crippen LogP contribution >= 0.6 is 0 Å². The first-order valence-corrected chi connectivity index (χ1v) is 6.16. The van der Waals surface area contributed by atoms with Crippen LogP contribution in [-0.2, 0) is 13.1 Å². The van der Waals surface area contributed by atoms with E-state index in [1.165, 1.54) is 31.4 Å². The minimum Gasteiger partial charge on any atom is -0.326 e. The molecule has 3 nitrogen and oxygen atoms in total. The molecule has 0 aliphatic carbocycles. The molecule has 2 heterocycles. The average Bonchev–Trinajstić information content (AvgIpc) is 2.32. The molecule has 1 aromatic heterocycles. The molecule has 2 rings (SSSR count). The number of likely N-dealkylation sites (tertiary alicyclic amines) is 1. The second kappa shape index (κ2) is 5.41. The van der Waals surface area contributed by atoms with Crippen molar-refractivity contribution >= 4 is 0 Å². The van der Waals surface area contributed by atoms with E-state index in [1.54, 1.807) is 0 Å². The summed E-state index contributed by atoms with van der Waals surface area (Å²) in [6.45, 7) is 5.13. The zero-order valence-electron chi connectivity index (χ0n) is 10.0. The largest absolute Gasteiger partial charge is 0.326 e. The highest BCUT2D eigenvalue weighted by molar-refractivity contribution is 5.17. The number of piperidine rings is 1. The molecule has 1 saturated heterocycles. The van der Waals surface area contributed by atoms with Crippen LogP contribution in [0.1, 0.15) is 37.3 Å². The highest BCUT2D eigenvalue weighted by atomic mass is 15.2. The zero-order valence-corrected chi connectivity index (χ0v) is 10.0. The number of nitrogens with zero attached hydrogens (tertiary/aromatic N) is 2. The molecule has 1 aromatic rings. The summed E-state index contributed by atoms with van der Waals surface area (Å²) in [5.74, 6) is 0. The summed E-state index contributed by atoms with van der Waals surface area (Å²) in [6, 6.07) is 2.88. The number of aromatic nitrogens is 1. The predicted octanol–water partition coefficient (Wildman–Crippen LogP) is 1.91. The Bertz CT molecular complexity index is 338. The van der Waals surface area contributed by atoms with Gasteiger partial charge in [-0.25, -0.2) is 0 Å². The first-order chi connectivity index (χ1) is 7.79. The Labute approximate surface area is 97.7 Å². The standard InChI is InChI=1S/C13H21N3/c1-11-4-2-3-5-16(11)10-13-6-12(7-14)8-15-9-13/h6,8-9,11H,2-5,7,10,14H2,1H3. The lowest BCUT2D eigenvalue weighted by Crippen LogP contribution is -2.36. The molecule has 88 valence electrons. The van der Waals surface area contributed by atoms with Gasteiger partial charge < -0.3 is 5.73 Å². The SMILES string of the molecule is CC1CCCCN1Cc1cncc(CN)c1. The zero-order chi connectivity index (χ0) is 11.4. The fraction of sp³-hybridized carbons (Fsp3) is 0.615. The van der Waals surface area contributed by atoms with Crippen LogP contribution < -0.4 is 5.73 Å². The lowest BCUT2D eigenvalue weighted by molar-refractivity contribution is 0.152. The minimum atomic E-state index is 0.580. The van der Waals surface area contributed by atoms with Crippen LogP contribution in [0.4, 0.5) is 0 Å². The first kappa shape index (κ1) is 11.6. The van der Waals surface area contributed by atoms with Gasteiger partial charge in [0.25, 0.3) is 0 Å². The molecular formula is C13H21N3. The fourth-order valence-corrected chi connectivity index (χ4v) is 2.37. The fourth-order valence-electron chi connectivity index (χ4n) is 2.37. The monoisotopic (exact) mass is 219 g/mol. The topological polar surface area (TPSA) is 42.2 Å². The van der Waals surface area contributed by atoms with E-state index in [2.05, 4.69) is 22.9 Å². The maximum absolute atomic E-state index is 5.63. The minimum absolute atomic E-state index is 0.580. The summed E-state index contributed by atoms with van der Waals surface area (Å²) in [4.78, 5) is 6.78. The summed E-state index contributed by atoms with van der Waals surface area (Å²) in [6.07, 6.45) is 7.83. The lowest BCUT2D eigenvalue weighted by atomic mass is 10.0. The van der Waals surface area contributed by atoms with Crippen LogP contribution in [0, 0.1) is 0 Å². The van der Waals surface area contributed by atoms with E-state index in [1.807, 2.05) is 12.4 Å². The van der Waals surface area contributed by atoms with Crippen LogP contribution in [0.2, 0.25) is 0 Å². The molecule has 1 fully saturated rings. The molecule has 2 N–H and O–H groups in total. The van der Waals surface area contributed by atoms with Crippen LogP contribution in [-0.4, -0.2) is 22.5 Å². The van der Waals surface area contributed by atoms with E-state index in [9.17, 15) is 0 Å². The number of rotatable bonds is 3. The van der Waals surface area contributed by atoms with E-state index < -0.39 is 0 Å². The molecule has 0 bridgehead atoms. The molecule has 0 radical (unpaired) electrons. The third-order valence-corrected chi connectivity index (χ3v) is 3.41. The second-order valence-electron chi connectivity index (χ2n) is 4.72. The maximum Gasteiger partial charge on any atom is 0.0313 e. The Balaban J connectivity index is 2.01. The van der Waals surface area contributed by atoms with Crippen molar-refractivity contribution in [2.45, 2.75) is 45.3 Å². The van der Waals surface area contributed by atoms with E-state index in [0.717, 1.165) is 12.1 Å². The van der Waals surface area contributed by atoms with Crippen molar-refractivity contribution in [3.8, 4) is 0 Å². The summed E-state index contributed by atoms with van der Waals surface area (Å²) < 4.78 is 0. The average molecular weight is 219 g/mol. The van der Waals surface area contributed by atoms with Gasteiger partial charge in [-0.15, -0.1) is 0 Å². The molecule has 1 unspecified atom stereocenters. The molecule has 16 heavy (non-hydrogen) atoms. The van der Waals surface area contributed by atoms with Gasteiger partial charge >= 0.3 is 0 Å². The molecule has 0 saturated carbocycles. The molecule has 0 amide bonds. The third kappa shape index (κ3) is 2.80.